The molecule has 1 saturated heterocycles. The van der Waals surface area contributed by atoms with Gasteiger partial charge in [0.25, 0.3) is 5.91 Å². The largest absolute Gasteiger partial charge is 0.381 e. The Hall–Kier alpha value is -2.09. The number of H-pyrrole nitrogens is 2. The molecule has 8 nitrogen and oxygen atoms in total. The highest BCUT2D eigenvalue weighted by atomic mass is 35.5. The Morgan fingerprint density at radius 3 is 3.00 bits per heavy atom. The molecule has 1 fully saturated rings. The van der Waals surface area contributed by atoms with Gasteiger partial charge in [0.15, 0.2) is 5.82 Å². The fraction of sp³-hybridized carbons (Fsp3) is 0.455. The van der Waals surface area contributed by atoms with Gasteiger partial charge in [-0.15, -0.1) is 0 Å². The van der Waals surface area contributed by atoms with Crippen LogP contribution in [0.2, 0.25) is 5.02 Å². The van der Waals surface area contributed by atoms with E-state index in [0.29, 0.717) is 13.1 Å². The fourth-order valence-corrected chi connectivity index (χ4v) is 2.60. The van der Waals surface area contributed by atoms with E-state index in [1.165, 1.54) is 6.33 Å². The Morgan fingerprint density at radius 2 is 2.35 bits per heavy atom. The molecule has 4 N–H and O–H groups in total. The van der Waals surface area contributed by atoms with Crippen LogP contribution in [0.25, 0.3) is 0 Å². The lowest BCUT2D eigenvalue weighted by molar-refractivity contribution is 0.0699. The minimum atomic E-state index is -0.191. The summed E-state index contributed by atoms with van der Waals surface area (Å²) in [6, 6.07) is 0. The van der Waals surface area contributed by atoms with E-state index in [1.54, 1.807) is 4.90 Å². The maximum Gasteiger partial charge on any atom is 0.273 e. The molecule has 0 bridgehead atoms. The first-order valence-electron chi connectivity index (χ1n) is 6.30. The molecule has 2 aromatic heterocycles. The van der Waals surface area contributed by atoms with E-state index in [1.807, 2.05) is 0 Å². The third-order valence-corrected chi connectivity index (χ3v) is 3.86. The normalized spacial score (nSPS) is 19.2. The van der Waals surface area contributed by atoms with Gasteiger partial charge in [-0.05, 0) is 12.8 Å². The number of piperidine rings is 1. The Labute approximate surface area is 119 Å². The topological polar surface area (TPSA) is 117 Å². The Bertz CT molecular complexity index is 608. The Kier molecular flexibility index (Phi) is 3.31. The van der Waals surface area contributed by atoms with E-state index >= 15 is 0 Å². The first kappa shape index (κ1) is 12.9. The molecule has 0 spiro atoms. The number of nitrogens with one attached hydrogen (secondary N) is 2. The summed E-state index contributed by atoms with van der Waals surface area (Å²) in [5, 5.41) is 13.2. The van der Waals surface area contributed by atoms with Crippen molar-refractivity contribution in [3.8, 4) is 0 Å². The van der Waals surface area contributed by atoms with Crippen LogP contribution in [0.15, 0.2) is 6.33 Å². The molecule has 1 amide bonds. The number of anilines is 1. The summed E-state index contributed by atoms with van der Waals surface area (Å²) in [5.74, 6) is 0.911. The lowest BCUT2D eigenvalue weighted by Gasteiger charge is -2.31. The number of nitrogens with two attached hydrogens (primary N) is 1. The number of rotatable bonds is 2. The smallest absolute Gasteiger partial charge is 0.273 e. The van der Waals surface area contributed by atoms with E-state index in [2.05, 4.69) is 25.4 Å². The van der Waals surface area contributed by atoms with E-state index < -0.39 is 0 Å². The van der Waals surface area contributed by atoms with Crippen LogP contribution in [0.4, 0.5) is 5.82 Å². The molecule has 20 heavy (non-hydrogen) atoms. The Balaban J connectivity index is 1.77. The van der Waals surface area contributed by atoms with E-state index in [4.69, 9.17) is 17.3 Å². The van der Waals surface area contributed by atoms with E-state index in [-0.39, 0.29) is 28.4 Å². The molecule has 2 aromatic rings. The van der Waals surface area contributed by atoms with Crippen molar-refractivity contribution in [1.29, 1.82) is 0 Å². The Morgan fingerprint density at radius 1 is 1.50 bits per heavy atom. The highest BCUT2D eigenvalue weighted by Crippen LogP contribution is 2.27. The van der Waals surface area contributed by atoms with Crippen LogP contribution in [-0.2, 0) is 0 Å². The molecule has 1 aliphatic heterocycles. The number of amides is 1. The highest BCUT2D eigenvalue weighted by Gasteiger charge is 2.29. The third-order valence-electron chi connectivity index (χ3n) is 3.48. The lowest BCUT2D eigenvalue weighted by Crippen LogP contribution is -2.39. The minimum absolute atomic E-state index is 0.138. The number of carbonyl (C=O) groups excluding carboxylic acids is 1. The van der Waals surface area contributed by atoms with Crippen LogP contribution in [0.5, 0.6) is 0 Å². The van der Waals surface area contributed by atoms with Crippen molar-refractivity contribution in [2.75, 3.05) is 18.8 Å². The number of likely N-dealkylation sites (tertiary alicyclic amines) is 1. The van der Waals surface area contributed by atoms with Crippen LogP contribution < -0.4 is 5.73 Å². The zero-order valence-electron chi connectivity index (χ0n) is 10.6. The van der Waals surface area contributed by atoms with Crippen molar-refractivity contribution in [2.24, 2.45) is 0 Å². The van der Waals surface area contributed by atoms with Gasteiger partial charge < -0.3 is 10.6 Å². The molecule has 0 radical (unpaired) electrons. The summed E-state index contributed by atoms with van der Waals surface area (Å²) in [6.45, 7) is 1.25. The van der Waals surface area contributed by atoms with Crippen molar-refractivity contribution in [1.82, 2.24) is 30.3 Å². The second-order valence-corrected chi connectivity index (χ2v) is 5.14. The summed E-state index contributed by atoms with van der Waals surface area (Å²) < 4.78 is 0. The molecule has 1 aliphatic rings. The quantitative estimate of drug-likeness (QED) is 0.757. The highest BCUT2D eigenvalue weighted by molar-refractivity contribution is 6.35. The van der Waals surface area contributed by atoms with Crippen molar-refractivity contribution < 1.29 is 4.79 Å². The molecular weight excluding hydrogens is 282 g/mol. The fourth-order valence-electron chi connectivity index (χ4n) is 2.44. The molecule has 0 aromatic carbocycles. The second kappa shape index (κ2) is 5.12. The van der Waals surface area contributed by atoms with Crippen LogP contribution >= 0.6 is 11.6 Å². The lowest BCUT2D eigenvalue weighted by atomic mass is 9.97. The van der Waals surface area contributed by atoms with Crippen molar-refractivity contribution in [2.45, 2.75) is 18.8 Å². The summed E-state index contributed by atoms with van der Waals surface area (Å²) >= 11 is 5.96. The summed E-state index contributed by atoms with van der Waals surface area (Å²) in [5.41, 5.74) is 5.78. The summed E-state index contributed by atoms with van der Waals surface area (Å²) in [6.07, 6.45) is 3.35. The number of nitrogens with zero attached hydrogens (tertiary/aromatic N) is 4. The second-order valence-electron chi connectivity index (χ2n) is 4.76. The van der Waals surface area contributed by atoms with Gasteiger partial charge in [0.1, 0.15) is 22.9 Å². The number of nitrogen functional groups attached to an aromatic ring is 1. The molecular formula is C11H14ClN7O. The van der Waals surface area contributed by atoms with Gasteiger partial charge >= 0.3 is 0 Å². The summed E-state index contributed by atoms with van der Waals surface area (Å²) in [4.78, 5) is 18.3. The number of carbonyl (C=O) groups is 1. The van der Waals surface area contributed by atoms with Crippen LogP contribution in [-0.4, -0.2) is 49.3 Å². The monoisotopic (exact) mass is 295 g/mol. The van der Waals surface area contributed by atoms with Crippen LogP contribution in [0.1, 0.15) is 35.1 Å². The van der Waals surface area contributed by atoms with Crippen molar-refractivity contribution in [3.05, 3.63) is 22.9 Å². The number of aromatic amines is 2. The zero-order chi connectivity index (χ0) is 14.1. The third kappa shape index (κ3) is 2.22. The molecule has 9 heteroatoms. The van der Waals surface area contributed by atoms with Gasteiger partial charge in [-0.25, -0.2) is 4.98 Å². The van der Waals surface area contributed by atoms with E-state index in [9.17, 15) is 4.79 Å². The molecule has 0 aliphatic carbocycles. The first-order valence-corrected chi connectivity index (χ1v) is 6.68. The average Bonchev–Trinajstić information content (AvgIpc) is 3.10. The van der Waals surface area contributed by atoms with Gasteiger partial charge in [-0.2, -0.15) is 10.2 Å². The molecule has 3 rings (SSSR count). The zero-order valence-corrected chi connectivity index (χ0v) is 11.4. The van der Waals surface area contributed by atoms with Gasteiger partial charge in [0.2, 0.25) is 0 Å². The molecule has 1 atom stereocenters. The van der Waals surface area contributed by atoms with Gasteiger partial charge in [-0.1, -0.05) is 11.6 Å². The SMILES string of the molecule is Nc1n[nH]c(C(=O)N2CCC[C@@H](c3ncn[nH]3)C2)c1Cl. The number of halogens is 1. The van der Waals surface area contributed by atoms with Crippen molar-refractivity contribution >= 4 is 23.3 Å². The predicted molar refractivity (Wildman–Crippen MR) is 72.3 cm³/mol. The molecule has 106 valence electrons. The van der Waals surface area contributed by atoms with Crippen LogP contribution in [0, 0.1) is 0 Å². The predicted octanol–water partition coefficient (Wildman–Crippen LogP) is 0.783. The number of aromatic nitrogens is 5. The van der Waals surface area contributed by atoms with Crippen LogP contribution in [0.3, 0.4) is 0 Å². The van der Waals surface area contributed by atoms with Gasteiger partial charge in [0, 0.05) is 19.0 Å². The average molecular weight is 296 g/mol. The summed E-state index contributed by atoms with van der Waals surface area (Å²) in [7, 11) is 0. The number of hydrogen-bond acceptors (Lipinski definition) is 5. The van der Waals surface area contributed by atoms with Gasteiger partial charge in [-0.3, -0.25) is 15.0 Å². The molecule has 0 saturated carbocycles. The van der Waals surface area contributed by atoms with E-state index in [0.717, 1.165) is 18.7 Å². The first-order chi connectivity index (χ1) is 9.66. The maximum absolute atomic E-state index is 12.4. The standard InChI is InChI=1S/C11H14ClN7O/c12-7-8(16-17-9(7)13)11(20)19-3-1-2-6(4-19)10-14-5-15-18-10/h5-6H,1-4H2,(H3,13,16,17)(H,14,15,18)/t6-/m1/s1. The van der Waals surface area contributed by atoms with Crippen molar-refractivity contribution in [3.63, 3.8) is 0 Å². The number of hydrogen-bond donors (Lipinski definition) is 3. The molecule has 0 unspecified atom stereocenters. The molecule has 3 heterocycles. The minimum Gasteiger partial charge on any atom is -0.381 e. The van der Waals surface area contributed by atoms with Gasteiger partial charge in [0.05, 0.1) is 0 Å². The maximum atomic E-state index is 12.4.